The molecule has 0 fully saturated rings. The summed E-state index contributed by atoms with van der Waals surface area (Å²) >= 11 is 5.94. The summed E-state index contributed by atoms with van der Waals surface area (Å²) in [5, 5.41) is 0.635. The quantitative estimate of drug-likeness (QED) is 0.782. The highest BCUT2D eigenvalue weighted by atomic mass is 35.5. The molecule has 0 aliphatic heterocycles. The van der Waals surface area contributed by atoms with Crippen molar-refractivity contribution in [2.45, 2.75) is 13.5 Å². The van der Waals surface area contributed by atoms with Crippen LogP contribution in [0.5, 0.6) is 0 Å². The van der Waals surface area contributed by atoms with Crippen molar-refractivity contribution in [3.63, 3.8) is 0 Å². The van der Waals surface area contributed by atoms with E-state index in [-0.39, 0.29) is 5.78 Å². The molecule has 0 aliphatic rings. The van der Waals surface area contributed by atoms with Gasteiger partial charge >= 0.3 is 0 Å². The van der Waals surface area contributed by atoms with Crippen LogP contribution >= 0.6 is 11.6 Å². The summed E-state index contributed by atoms with van der Waals surface area (Å²) in [4.78, 5) is 13.3. The maximum absolute atomic E-state index is 14.0. The molecule has 0 amide bonds. The monoisotopic (exact) mass is 291 g/mol. The lowest BCUT2D eigenvalue weighted by Crippen LogP contribution is -2.20. The van der Waals surface area contributed by atoms with Crippen LogP contribution in [0.25, 0.3) is 0 Å². The summed E-state index contributed by atoms with van der Waals surface area (Å²) in [5.41, 5.74) is 1.66. The first-order chi connectivity index (χ1) is 9.49. The Morgan fingerprint density at radius 2 is 1.95 bits per heavy atom. The zero-order chi connectivity index (χ0) is 14.7. The average molecular weight is 292 g/mol. The van der Waals surface area contributed by atoms with Crippen molar-refractivity contribution in [2.75, 3.05) is 11.9 Å². The molecule has 0 unspecified atom stereocenters. The second-order valence-corrected chi connectivity index (χ2v) is 5.11. The van der Waals surface area contributed by atoms with E-state index < -0.39 is 5.82 Å². The first-order valence-corrected chi connectivity index (χ1v) is 6.62. The van der Waals surface area contributed by atoms with Gasteiger partial charge in [-0.2, -0.15) is 0 Å². The van der Waals surface area contributed by atoms with Crippen LogP contribution in [0, 0.1) is 5.82 Å². The van der Waals surface area contributed by atoms with Crippen molar-refractivity contribution in [2.24, 2.45) is 0 Å². The molecule has 0 heterocycles. The van der Waals surface area contributed by atoms with Gasteiger partial charge in [0.15, 0.2) is 5.78 Å². The second-order valence-electron chi connectivity index (χ2n) is 4.68. The molecule has 20 heavy (non-hydrogen) atoms. The Kier molecular flexibility index (Phi) is 4.40. The SMILES string of the molecule is CC(=O)c1cccc(F)c1N(C)Cc1cccc(Cl)c1. The van der Waals surface area contributed by atoms with E-state index in [0.29, 0.717) is 22.8 Å². The topological polar surface area (TPSA) is 20.3 Å². The molecule has 0 bridgehead atoms. The zero-order valence-corrected chi connectivity index (χ0v) is 12.1. The Labute approximate surface area is 122 Å². The van der Waals surface area contributed by atoms with E-state index in [1.165, 1.54) is 13.0 Å². The Hall–Kier alpha value is -1.87. The highest BCUT2D eigenvalue weighted by molar-refractivity contribution is 6.30. The molecule has 0 saturated carbocycles. The van der Waals surface area contributed by atoms with Crippen molar-refractivity contribution in [3.8, 4) is 0 Å². The molecule has 0 saturated heterocycles. The molecule has 2 nitrogen and oxygen atoms in total. The van der Waals surface area contributed by atoms with Gasteiger partial charge in [0.25, 0.3) is 0 Å². The predicted octanol–water partition coefficient (Wildman–Crippen LogP) is 4.32. The molecule has 0 atom stereocenters. The third kappa shape index (κ3) is 3.17. The van der Waals surface area contributed by atoms with Crippen molar-refractivity contribution in [1.82, 2.24) is 0 Å². The Morgan fingerprint density at radius 1 is 1.25 bits per heavy atom. The summed E-state index contributed by atoms with van der Waals surface area (Å²) in [7, 11) is 1.76. The van der Waals surface area contributed by atoms with Crippen molar-refractivity contribution < 1.29 is 9.18 Å². The highest BCUT2D eigenvalue weighted by Crippen LogP contribution is 2.25. The molecule has 0 aromatic heterocycles. The van der Waals surface area contributed by atoms with Gasteiger partial charge in [0, 0.05) is 24.2 Å². The fraction of sp³-hybridized carbons (Fsp3) is 0.188. The van der Waals surface area contributed by atoms with Gasteiger partial charge in [-0.3, -0.25) is 4.79 Å². The van der Waals surface area contributed by atoms with E-state index in [4.69, 9.17) is 11.6 Å². The number of nitrogens with zero attached hydrogens (tertiary/aromatic N) is 1. The normalized spacial score (nSPS) is 10.4. The number of benzene rings is 2. The van der Waals surface area contributed by atoms with Gasteiger partial charge in [-0.1, -0.05) is 29.8 Å². The third-order valence-electron chi connectivity index (χ3n) is 3.06. The number of para-hydroxylation sites is 1. The van der Waals surface area contributed by atoms with Crippen LogP contribution in [0.1, 0.15) is 22.8 Å². The van der Waals surface area contributed by atoms with Crippen LogP contribution < -0.4 is 4.90 Å². The number of anilines is 1. The van der Waals surface area contributed by atoms with Crippen molar-refractivity contribution in [3.05, 3.63) is 64.4 Å². The standard InChI is InChI=1S/C16H15ClFNO/c1-11(20)14-7-4-8-15(18)16(14)19(2)10-12-5-3-6-13(17)9-12/h3-9H,10H2,1-2H3. The maximum Gasteiger partial charge on any atom is 0.161 e. The molecule has 0 N–H and O–H groups in total. The number of hydrogen-bond acceptors (Lipinski definition) is 2. The van der Waals surface area contributed by atoms with E-state index in [0.717, 1.165) is 5.56 Å². The third-order valence-corrected chi connectivity index (χ3v) is 3.29. The zero-order valence-electron chi connectivity index (χ0n) is 11.4. The van der Waals surface area contributed by atoms with Crippen LogP contribution in [-0.4, -0.2) is 12.8 Å². The molecule has 104 valence electrons. The molecule has 2 aromatic carbocycles. The van der Waals surface area contributed by atoms with Gasteiger partial charge in [0.05, 0.1) is 5.69 Å². The average Bonchev–Trinajstić information content (AvgIpc) is 2.38. The summed E-state index contributed by atoms with van der Waals surface area (Å²) in [5.74, 6) is -0.556. The minimum atomic E-state index is -0.401. The number of hydrogen-bond donors (Lipinski definition) is 0. The van der Waals surface area contributed by atoms with Crippen LogP contribution in [0.3, 0.4) is 0 Å². The van der Waals surface area contributed by atoms with Gasteiger partial charge in [0.1, 0.15) is 5.82 Å². The summed E-state index contributed by atoms with van der Waals surface area (Å²) in [6.45, 7) is 1.91. The molecule has 4 heteroatoms. The van der Waals surface area contributed by atoms with E-state index >= 15 is 0 Å². The minimum absolute atomic E-state index is 0.155. The van der Waals surface area contributed by atoms with Crippen LogP contribution in [0.4, 0.5) is 10.1 Å². The highest BCUT2D eigenvalue weighted by Gasteiger charge is 2.16. The van der Waals surface area contributed by atoms with Gasteiger partial charge in [-0.05, 0) is 36.8 Å². The number of rotatable bonds is 4. The maximum atomic E-state index is 14.0. The fourth-order valence-corrected chi connectivity index (χ4v) is 2.39. The van der Waals surface area contributed by atoms with E-state index in [1.54, 1.807) is 30.1 Å². The smallest absolute Gasteiger partial charge is 0.161 e. The number of Topliss-reactive ketones (excluding diaryl/α,β-unsaturated/α-hetero) is 1. The van der Waals surface area contributed by atoms with Gasteiger partial charge in [-0.25, -0.2) is 4.39 Å². The van der Waals surface area contributed by atoms with E-state index in [9.17, 15) is 9.18 Å². The number of halogens is 2. The van der Waals surface area contributed by atoms with Crippen molar-refractivity contribution >= 4 is 23.1 Å². The van der Waals surface area contributed by atoms with Gasteiger partial charge in [0.2, 0.25) is 0 Å². The molecule has 0 radical (unpaired) electrons. The molecule has 2 rings (SSSR count). The van der Waals surface area contributed by atoms with E-state index in [2.05, 4.69) is 0 Å². The fourth-order valence-electron chi connectivity index (χ4n) is 2.18. The van der Waals surface area contributed by atoms with Gasteiger partial charge in [-0.15, -0.1) is 0 Å². The minimum Gasteiger partial charge on any atom is -0.367 e. The number of carbonyl (C=O) groups is 1. The first kappa shape index (κ1) is 14.5. The van der Waals surface area contributed by atoms with E-state index in [1.807, 2.05) is 18.2 Å². The lowest BCUT2D eigenvalue weighted by molar-refractivity contribution is 0.101. The lowest BCUT2D eigenvalue weighted by atomic mass is 10.1. The summed E-state index contributed by atoms with van der Waals surface area (Å²) < 4.78 is 14.0. The van der Waals surface area contributed by atoms with Crippen molar-refractivity contribution in [1.29, 1.82) is 0 Å². The Bertz CT molecular complexity index is 642. The Balaban J connectivity index is 2.34. The van der Waals surface area contributed by atoms with Crippen LogP contribution in [0.15, 0.2) is 42.5 Å². The second kappa shape index (κ2) is 6.06. The summed E-state index contributed by atoms with van der Waals surface area (Å²) in [6, 6.07) is 11.9. The number of ketones is 1. The molecule has 0 spiro atoms. The molecule has 2 aromatic rings. The molecular formula is C16H15ClFNO. The van der Waals surface area contributed by atoms with Gasteiger partial charge < -0.3 is 4.90 Å². The largest absolute Gasteiger partial charge is 0.367 e. The molecular weight excluding hydrogens is 277 g/mol. The number of carbonyl (C=O) groups excluding carboxylic acids is 1. The lowest BCUT2D eigenvalue weighted by Gasteiger charge is -2.22. The van der Waals surface area contributed by atoms with Crippen LogP contribution in [-0.2, 0) is 6.54 Å². The molecule has 0 aliphatic carbocycles. The van der Waals surface area contributed by atoms with Crippen LogP contribution in [0.2, 0.25) is 5.02 Å². The Morgan fingerprint density at radius 3 is 2.60 bits per heavy atom. The predicted molar refractivity (Wildman–Crippen MR) is 80.0 cm³/mol. The first-order valence-electron chi connectivity index (χ1n) is 6.24. The summed E-state index contributed by atoms with van der Waals surface area (Å²) in [6.07, 6.45) is 0.